The molecule has 0 heterocycles. The van der Waals surface area contributed by atoms with Gasteiger partial charge in [-0.1, -0.05) is 49.6 Å². The van der Waals surface area contributed by atoms with Gasteiger partial charge in [0.25, 0.3) is 0 Å². The SMILES string of the molecule is O=C(CC(O)c1ccccc1)C1CCCCC1. The van der Waals surface area contributed by atoms with Crippen LogP contribution in [-0.2, 0) is 4.79 Å². The fraction of sp³-hybridized carbons (Fsp3) is 0.533. The highest BCUT2D eigenvalue weighted by Gasteiger charge is 2.23. The van der Waals surface area contributed by atoms with Gasteiger partial charge in [0.05, 0.1) is 6.10 Å². The van der Waals surface area contributed by atoms with Crippen molar-refractivity contribution in [1.29, 1.82) is 0 Å². The number of carbonyl (C=O) groups is 1. The van der Waals surface area contributed by atoms with Gasteiger partial charge in [-0.3, -0.25) is 4.79 Å². The van der Waals surface area contributed by atoms with Gasteiger partial charge in [-0.15, -0.1) is 0 Å². The van der Waals surface area contributed by atoms with Crippen LogP contribution in [0.4, 0.5) is 0 Å². The maximum absolute atomic E-state index is 12.0. The standard InChI is InChI=1S/C15H20O2/c16-14(12-7-3-1-4-8-12)11-15(17)13-9-5-2-6-10-13/h1,3-4,7-8,13-14,16H,2,5-6,9-11H2. The average Bonchev–Trinajstić information content (AvgIpc) is 2.40. The Morgan fingerprint density at radius 3 is 2.47 bits per heavy atom. The summed E-state index contributed by atoms with van der Waals surface area (Å²) in [5.74, 6) is 0.433. The van der Waals surface area contributed by atoms with Gasteiger partial charge >= 0.3 is 0 Å². The van der Waals surface area contributed by atoms with Crippen molar-refractivity contribution in [3.05, 3.63) is 35.9 Å². The smallest absolute Gasteiger partial charge is 0.138 e. The fourth-order valence-corrected chi connectivity index (χ4v) is 2.57. The Hall–Kier alpha value is -1.15. The minimum atomic E-state index is -0.634. The van der Waals surface area contributed by atoms with Crippen LogP contribution in [0.1, 0.15) is 50.2 Å². The van der Waals surface area contributed by atoms with E-state index in [4.69, 9.17) is 0 Å². The highest BCUT2D eigenvalue weighted by atomic mass is 16.3. The van der Waals surface area contributed by atoms with Crippen LogP contribution in [0.5, 0.6) is 0 Å². The summed E-state index contributed by atoms with van der Waals surface area (Å²) < 4.78 is 0. The molecule has 1 fully saturated rings. The zero-order valence-corrected chi connectivity index (χ0v) is 10.1. The van der Waals surface area contributed by atoms with E-state index < -0.39 is 6.10 Å². The lowest BCUT2D eigenvalue weighted by Crippen LogP contribution is -2.19. The molecule has 1 aromatic carbocycles. The summed E-state index contributed by atoms with van der Waals surface area (Å²) in [7, 11) is 0. The molecule has 0 aliphatic heterocycles. The Balaban J connectivity index is 1.89. The third-order valence-electron chi connectivity index (χ3n) is 3.64. The summed E-state index contributed by atoms with van der Waals surface area (Å²) in [5.41, 5.74) is 0.844. The molecule has 1 unspecified atom stereocenters. The molecule has 1 aliphatic rings. The van der Waals surface area contributed by atoms with Crippen LogP contribution in [-0.4, -0.2) is 10.9 Å². The monoisotopic (exact) mass is 232 g/mol. The number of hydrogen-bond acceptors (Lipinski definition) is 2. The van der Waals surface area contributed by atoms with Crippen LogP contribution in [0, 0.1) is 5.92 Å². The van der Waals surface area contributed by atoms with E-state index in [1.54, 1.807) is 0 Å². The second-order valence-corrected chi connectivity index (χ2v) is 4.93. The van der Waals surface area contributed by atoms with Crippen molar-refractivity contribution < 1.29 is 9.90 Å². The number of ketones is 1. The first-order valence-electron chi connectivity index (χ1n) is 6.53. The minimum Gasteiger partial charge on any atom is -0.388 e. The van der Waals surface area contributed by atoms with Gasteiger partial charge in [-0.2, -0.15) is 0 Å². The summed E-state index contributed by atoms with van der Waals surface area (Å²) in [6.45, 7) is 0. The average molecular weight is 232 g/mol. The number of carbonyl (C=O) groups excluding carboxylic acids is 1. The van der Waals surface area contributed by atoms with Crippen LogP contribution in [0.2, 0.25) is 0 Å². The molecule has 1 saturated carbocycles. The maximum Gasteiger partial charge on any atom is 0.138 e. The number of benzene rings is 1. The number of hydrogen-bond donors (Lipinski definition) is 1. The molecule has 2 nitrogen and oxygen atoms in total. The molecule has 2 heteroatoms. The molecule has 92 valence electrons. The summed E-state index contributed by atoms with van der Waals surface area (Å²) in [6.07, 6.45) is 5.25. The second-order valence-electron chi connectivity index (χ2n) is 4.93. The topological polar surface area (TPSA) is 37.3 Å². The predicted octanol–water partition coefficient (Wildman–Crippen LogP) is 3.26. The molecule has 0 aromatic heterocycles. The van der Waals surface area contributed by atoms with E-state index in [-0.39, 0.29) is 18.1 Å². The Morgan fingerprint density at radius 2 is 1.82 bits per heavy atom. The summed E-state index contributed by atoms with van der Waals surface area (Å²) in [6, 6.07) is 9.45. The van der Waals surface area contributed by atoms with Crippen LogP contribution in [0.15, 0.2) is 30.3 Å². The predicted molar refractivity (Wildman–Crippen MR) is 67.6 cm³/mol. The van der Waals surface area contributed by atoms with Crippen molar-refractivity contribution in [2.24, 2.45) is 5.92 Å². The first kappa shape index (κ1) is 12.3. The Bertz CT molecular complexity index is 352. The third kappa shape index (κ3) is 3.40. The lowest BCUT2D eigenvalue weighted by atomic mass is 9.84. The van der Waals surface area contributed by atoms with Gasteiger partial charge in [0.2, 0.25) is 0 Å². The largest absolute Gasteiger partial charge is 0.388 e. The van der Waals surface area contributed by atoms with Crippen LogP contribution < -0.4 is 0 Å². The number of aliphatic hydroxyl groups is 1. The van der Waals surface area contributed by atoms with E-state index in [0.717, 1.165) is 31.2 Å². The van der Waals surface area contributed by atoms with Gasteiger partial charge in [0.1, 0.15) is 5.78 Å². The Morgan fingerprint density at radius 1 is 1.18 bits per heavy atom. The van der Waals surface area contributed by atoms with E-state index >= 15 is 0 Å². The number of rotatable bonds is 4. The van der Waals surface area contributed by atoms with Crippen molar-refractivity contribution in [2.75, 3.05) is 0 Å². The fourth-order valence-electron chi connectivity index (χ4n) is 2.57. The first-order valence-corrected chi connectivity index (χ1v) is 6.53. The molecule has 0 spiro atoms. The van der Waals surface area contributed by atoms with E-state index in [2.05, 4.69) is 0 Å². The van der Waals surface area contributed by atoms with Crippen molar-refractivity contribution >= 4 is 5.78 Å². The molecule has 1 atom stereocenters. The molecule has 17 heavy (non-hydrogen) atoms. The van der Waals surface area contributed by atoms with Gasteiger partial charge in [0, 0.05) is 12.3 Å². The van der Waals surface area contributed by atoms with E-state index in [1.165, 1.54) is 6.42 Å². The molecule has 0 radical (unpaired) electrons. The molecular weight excluding hydrogens is 212 g/mol. The van der Waals surface area contributed by atoms with Crippen molar-refractivity contribution in [3.63, 3.8) is 0 Å². The summed E-state index contributed by atoms with van der Waals surface area (Å²) >= 11 is 0. The van der Waals surface area contributed by atoms with Crippen LogP contribution in [0.3, 0.4) is 0 Å². The van der Waals surface area contributed by atoms with Crippen molar-refractivity contribution in [1.82, 2.24) is 0 Å². The zero-order chi connectivity index (χ0) is 12.1. The van der Waals surface area contributed by atoms with Crippen LogP contribution in [0.25, 0.3) is 0 Å². The molecule has 0 saturated heterocycles. The lowest BCUT2D eigenvalue weighted by molar-refractivity contribution is -0.125. The molecular formula is C15H20O2. The Labute approximate surface area is 103 Å². The molecule has 1 aliphatic carbocycles. The zero-order valence-electron chi connectivity index (χ0n) is 10.1. The van der Waals surface area contributed by atoms with Crippen LogP contribution >= 0.6 is 0 Å². The summed E-state index contributed by atoms with van der Waals surface area (Å²) in [4.78, 5) is 12.0. The van der Waals surface area contributed by atoms with E-state index in [1.807, 2.05) is 30.3 Å². The van der Waals surface area contributed by atoms with Gasteiger partial charge < -0.3 is 5.11 Å². The number of Topliss-reactive ketones (excluding diaryl/α,β-unsaturated/α-hetero) is 1. The second kappa shape index (κ2) is 5.97. The van der Waals surface area contributed by atoms with Crippen molar-refractivity contribution in [2.45, 2.75) is 44.6 Å². The highest BCUT2D eigenvalue weighted by molar-refractivity contribution is 5.81. The van der Waals surface area contributed by atoms with Gasteiger partial charge in [-0.05, 0) is 18.4 Å². The quantitative estimate of drug-likeness (QED) is 0.865. The highest BCUT2D eigenvalue weighted by Crippen LogP contribution is 2.27. The van der Waals surface area contributed by atoms with Crippen molar-refractivity contribution in [3.8, 4) is 0 Å². The van der Waals surface area contributed by atoms with E-state index in [9.17, 15) is 9.90 Å². The first-order chi connectivity index (χ1) is 8.27. The molecule has 1 aromatic rings. The molecule has 2 rings (SSSR count). The normalized spacial score (nSPS) is 18.9. The molecule has 1 N–H and O–H groups in total. The van der Waals surface area contributed by atoms with E-state index in [0.29, 0.717) is 0 Å². The Kier molecular flexibility index (Phi) is 4.32. The maximum atomic E-state index is 12.0. The molecule has 0 amide bonds. The summed E-state index contributed by atoms with van der Waals surface area (Å²) in [5, 5.41) is 10.0. The van der Waals surface area contributed by atoms with Gasteiger partial charge in [0.15, 0.2) is 0 Å². The lowest BCUT2D eigenvalue weighted by Gasteiger charge is -2.21. The van der Waals surface area contributed by atoms with Gasteiger partial charge in [-0.25, -0.2) is 0 Å². The third-order valence-corrected chi connectivity index (χ3v) is 3.64. The number of aliphatic hydroxyl groups excluding tert-OH is 1. The molecule has 0 bridgehead atoms. The minimum absolute atomic E-state index is 0.196.